The topological polar surface area (TPSA) is 90.3 Å². The van der Waals surface area contributed by atoms with Crippen molar-refractivity contribution >= 4 is 45.4 Å². The Kier molecular flexibility index (Phi) is 5.69. The zero-order valence-electron chi connectivity index (χ0n) is 18.9. The van der Waals surface area contributed by atoms with Gasteiger partial charge in [-0.15, -0.1) is 11.3 Å². The number of carboxylic acid groups (broad SMARTS) is 1. The molecule has 3 aromatic rings. The highest BCUT2D eigenvalue weighted by Gasteiger charge is 2.51. The van der Waals surface area contributed by atoms with Crippen LogP contribution >= 0.6 is 11.3 Å². The summed E-state index contributed by atoms with van der Waals surface area (Å²) in [5.74, 6) is -1.34. The summed E-state index contributed by atoms with van der Waals surface area (Å²) in [5.41, 5.74) is 2.69. The van der Waals surface area contributed by atoms with E-state index < -0.39 is 11.5 Å². The second-order valence-corrected chi connectivity index (χ2v) is 9.91. The number of rotatable bonds is 7. The van der Waals surface area contributed by atoms with Gasteiger partial charge in [-0.25, -0.2) is 0 Å². The van der Waals surface area contributed by atoms with Crippen LogP contribution in [0, 0.1) is 0 Å². The predicted molar refractivity (Wildman–Crippen MR) is 131 cm³/mol. The first-order chi connectivity index (χ1) is 16.4. The van der Waals surface area contributed by atoms with E-state index in [-0.39, 0.29) is 24.8 Å². The molecular formula is C26H25N3O4S. The molecule has 2 amide bonds. The van der Waals surface area contributed by atoms with Crippen LogP contribution in [0.2, 0.25) is 0 Å². The lowest BCUT2D eigenvalue weighted by Gasteiger charge is -2.51. The van der Waals surface area contributed by atoms with Crippen LogP contribution in [-0.2, 0) is 22.7 Å². The fraction of sp³-hybridized carbons (Fsp3) is 0.308. The van der Waals surface area contributed by atoms with Crippen LogP contribution in [0.15, 0.2) is 52.8 Å². The first-order valence-corrected chi connectivity index (χ1v) is 12.2. The molecule has 8 heteroatoms. The van der Waals surface area contributed by atoms with Crippen molar-refractivity contribution in [2.45, 2.75) is 38.4 Å². The number of amides is 2. The van der Waals surface area contributed by atoms with E-state index in [2.05, 4.69) is 4.99 Å². The molecule has 2 aliphatic heterocycles. The Balaban J connectivity index is 1.39. The van der Waals surface area contributed by atoms with E-state index in [0.29, 0.717) is 31.6 Å². The molecule has 3 heterocycles. The van der Waals surface area contributed by atoms with Crippen LogP contribution in [0.3, 0.4) is 0 Å². The summed E-state index contributed by atoms with van der Waals surface area (Å²) in [7, 11) is 0. The quantitative estimate of drug-likeness (QED) is 0.560. The maximum atomic E-state index is 13.8. The number of benzene rings is 2. The lowest BCUT2D eigenvalue weighted by molar-refractivity contribution is -0.150. The van der Waals surface area contributed by atoms with Gasteiger partial charge in [0.15, 0.2) is 0 Å². The number of fused-ring (bicyclic) bond motifs is 2. The Bertz CT molecular complexity index is 1330. The molecule has 1 unspecified atom stereocenters. The lowest BCUT2D eigenvalue weighted by atomic mass is 9.84. The minimum atomic E-state index is -1.00. The van der Waals surface area contributed by atoms with Gasteiger partial charge in [0.2, 0.25) is 5.91 Å². The van der Waals surface area contributed by atoms with Gasteiger partial charge in [-0.3, -0.25) is 19.4 Å². The highest BCUT2D eigenvalue weighted by molar-refractivity contribution is 7.17. The van der Waals surface area contributed by atoms with Crippen LogP contribution in [0.1, 0.15) is 46.8 Å². The van der Waals surface area contributed by atoms with Crippen molar-refractivity contribution in [2.24, 2.45) is 4.99 Å². The molecule has 1 N–H and O–H groups in total. The van der Waals surface area contributed by atoms with Gasteiger partial charge in [0.1, 0.15) is 5.54 Å². The number of aliphatic imine (C=N–C) groups is 1. The zero-order valence-corrected chi connectivity index (χ0v) is 19.7. The van der Waals surface area contributed by atoms with Gasteiger partial charge in [-0.2, -0.15) is 0 Å². The first kappa shape index (κ1) is 22.3. The van der Waals surface area contributed by atoms with Crippen molar-refractivity contribution in [3.63, 3.8) is 0 Å². The Morgan fingerprint density at radius 3 is 2.79 bits per heavy atom. The average molecular weight is 476 g/mol. The van der Waals surface area contributed by atoms with Crippen molar-refractivity contribution in [1.82, 2.24) is 9.80 Å². The summed E-state index contributed by atoms with van der Waals surface area (Å²) in [6.45, 7) is 3.27. The van der Waals surface area contributed by atoms with Crippen LogP contribution < -0.4 is 0 Å². The summed E-state index contributed by atoms with van der Waals surface area (Å²) in [6.07, 6.45) is 2.22. The summed E-state index contributed by atoms with van der Waals surface area (Å²) in [5, 5.41) is 12.0. The number of carboxylic acids is 1. The van der Waals surface area contributed by atoms with E-state index >= 15 is 0 Å². The molecule has 5 rings (SSSR count). The summed E-state index contributed by atoms with van der Waals surface area (Å²) >= 11 is 1.51. The minimum Gasteiger partial charge on any atom is -0.481 e. The van der Waals surface area contributed by atoms with E-state index in [1.165, 1.54) is 11.3 Å². The minimum absolute atomic E-state index is 0.0841. The number of carbonyl (C=O) groups is 3. The molecule has 1 atom stereocenters. The molecule has 34 heavy (non-hydrogen) atoms. The van der Waals surface area contributed by atoms with Crippen molar-refractivity contribution < 1.29 is 19.5 Å². The molecule has 1 aromatic heterocycles. The molecule has 2 aromatic carbocycles. The second kappa shape index (κ2) is 8.68. The van der Waals surface area contributed by atoms with Gasteiger partial charge in [-0.1, -0.05) is 36.4 Å². The normalized spacial score (nSPS) is 18.6. The highest BCUT2D eigenvalue weighted by atomic mass is 32.1. The summed E-state index contributed by atoms with van der Waals surface area (Å²) in [6, 6.07) is 13.7. The monoisotopic (exact) mass is 475 g/mol. The molecule has 0 spiro atoms. The zero-order chi connectivity index (χ0) is 23.9. The van der Waals surface area contributed by atoms with Gasteiger partial charge in [0.05, 0.1) is 18.5 Å². The Labute approximate surface area is 201 Å². The molecule has 0 radical (unpaired) electrons. The van der Waals surface area contributed by atoms with Crippen LogP contribution in [0.25, 0.3) is 10.1 Å². The van der Waals surface area contributed by atoms with E-state index in [1.807, 2.05) is 54.1 Å². The van der Waals surface area contributed by atoms with Crippen molar-refractivity contribution in [1.29, 1.82) is 0 Å². The third kappa shape index (κ3) is 3.88. The van der Waals surface area contributed by atoms with Crippen molar-refractivity contribution in [3.8, 4) is 0 Å². The maximum Gasteiger partial charge on any atom is 0.305 e. The number of aliphatic carboxylic acids is 1. The largest absolute Gasteiger partial charge is 0.481 e. The molecule has 1 saturated heterocycles. The van der Waals surface area contributed by atoms with E-state index in [0.717, 1.165) is 26.8 Å². The Morgan fingerprint density at radius 2 is 2.03 bits per heavy atom. The number of hydrogen-bond donors (Lipinski definition) is 1. The highest BCUT2D eigenvalue weighted by Crippen LogP contribution is 2.37. The molecule has 174 valence electrons. The molecule has 0 saturated carbocycles. The maximum absolute atomic E-state index is 13.8. The summed E-state index contributed by atoms with van der Waals surface area (Å²) < 4.78 is 1.03. The number of nitrogens with zero attached hydrogens (tertiary/aromatic N) is 3. The molecule has 2 aliphatic rings. The standard InChI is InChI=1S/C26H25N3O4S/c1-26(9-11-29(26)24(32)21-16-34-22-5-3-2-4-20(21)22)25(33)28(10-8-23(30)31)15-17-6-7-18-13-27-14-19(18)12-17/h2-7,12-13,16H,8-11,14-15H2,1H3,(H,30,31). The van der Waals surface area contributed by atoms with E-state index in [9.17, 15) is 19.5 Å². The number of hydrogen-bond acceptors (Lipinski definition) is 5. The average Bonchev–Trinajstić information content (AvgIpc) is 3.46. The van der Waals surface area contributed by atoms with Gasteiger partial charge in [0.25, 0.3) is 5.91 Å². The number of carbonyl (C=O) groups excluding carboxylic acids is 2. The van der Waals surface area contributed by atoms with Gasteiger partial charge in [-0.05, 0) is 36.1 Å². The molecule has 1 fully saturated rings. The van der Waals surface area contributed by atoms with Crippen LogP contribution in [0.5, 0.6) is 0 Å². The SMILES string of the molecule is CC1(C(=O)N(CCC(=O)O)Cc2ccc3c(c2)CN=C3)CCN1C(=O)c1csc2ccccc12. The Hall–Kier alpha value is -3.52. The fourth-order valence-electron chi connectivity index (χ4n) is 4.70. The predicted octanol–water partition coefficient (Wildman–Crippen LogP) is 3.94. The molecule has 0 bridgehead atoms. The van der Waals surface area contributed by atoms with Gasteiger partial charge < -0.3 is 14.9 Å². The molecule has 7 nitrogen and oxygen atoms in total. The molecule has 0 aliphatic carbocycles. The lowest BCUT2D eigenvalue weighted by Crippen LogP contribution is -2.67. The number of thiophene rings is 1. The third-order valence-corrected chi connectivity index (χ3v) is 7.75. The van der Waals surface area contributed by atoms with Crippen molar-refractivity contribution in [2.75, 3.05) is 13.1 Å². The first-order valence-electron chi connectivity index (χ1n) is 11.3. The van der Waals surface area contributed by atoms with Crippen LogP contribution in [0.4, 0.5) is 0 Å². The third-order valence-electron chi connectivity index (χ3n) is 6.79. The fourth-order valence-corrected chi connectivity index (χ4v) is 5.64. The smallest absolute Gasteiger partial charge is 0.305 e. The summed E-state index contributed by atoms with van der Waals surface area (Å²) in [4.78, 5) is 46.0. The van der Waals surface area contributed by atoms with Gasteiger partial charge in [0, 0.05) is 41.3 Å². The molecular weight excluding hydrogens is 450 g/mol. The van der Waals surface area contributed by atoms with Crippen molar-refractivity contribution in [3.05, 3.63) is 70.1 Å². The van der Waals surface area contributed by atoms with E-state index in [4.69, 9.17) is 0 Å². The van der Waals surface area contributed by atoms with Crippen LogP contribution in [-0.4, -0.2) is 57.5 Å². The van der Waals surface area contributed by atoms with E-state index in [1.54, 1.807) is 16.7 Å². The number of likely N-dealkylation sites (tertiary alicyclic amines) is 1. The van der Waals surface area contributed by atoms with Gasteiger partial charge >= 0.3 is 5.97 Å². The second-order valence-electron chi connectivity index (χ2n) is 9.00. The Morgan fingerprint density at radius 1 is 1.21 bits per heavy atom.